The van der Waals surface area contributed by atoms with Crippen LogP contribution in [0, 0.1) is 11.8 Å². The highest BCUT2D eigenvalue weighted by Gasteiger charge is 2.53. The van der Waals surface area contributed by atoms with Crippen LogP contribution in [-0.4, -0.2) is 39.4 Å². The lowest BCUT2D eigenvalue weighted by Crippen LogP contribution is -2.39. The van der Waals surface area contributed by atoms with Gasteiger partial charge in [0.15, 0.2) is 0 Å². The first-order valence-electron chi connectivity index (χ1n) is 6.30. The SMILES string of the molecule is CCc1nnc(NC(=O)[C@H]2[C@@H](C(=O)O)[C@@H]3C=C[C@H]2O3)s1. The number of nitrogens with zero attached hydrogens (tertiary/aromatic N) is 2. The van der Waals surface area contributed by atoms with Gasteiger partial charge < -0.3 is 15.2 Å². The summed E-state index contributed by atoms with van der Waals surface area (Å²) in [5.74, 6) is -2.97. The fourth-order valence-electron chi connectivity index (χ4n) is 2.55. The molecule has 3 rings (SSSR count). The summed E-state index contributed by atoms with van der Waals surface area (Å²) < 4.78 is 5.46. The van der Waals surface area contributed by atoms with Crippen molar-refractivity contribution in [3.8, 4) is 0 Å². The minimum Gasteiger partial charge on any atom is -0.481 e. The number of aromatic nitrogens is 2. The third-order valence-corrected chi connectivity index (χ3v) is 4.47. The number of hydrogen-bond donors (Lipinski definition) is 2. The highest BCUT2D eigenvalue weighted by molar-refractivity contribution is 7.15. The molecule has 2 aliphatic heterocycles. The number of carbonyl (C=O) groups excluding carboxylic acids is 1. The Bertz CT molecular complexity index is 585. The minimum absolute atomic E-state index is 0.381. The second-order valence-electron chi connectivity index (χ2n) is 4.68. The number of fused-ring (bicyclic) bond motifs is 2. The van der Waals surface area contributed by atoms with Crippen LogP contribution >= 0.6 is 11.3 Å². The van der Waals surface area contributed by atoms with Gasteiger partial charge in [-0.25, -0.2) is 0 Å². The summed E-state index contributed by atoms with van der Waals surface area (Å²) in [5.41, 5.74) is 0. The molecule has 3 heterocycles. The Labute approximate surface area is 118 Å². The van der Waals surface area contributed by atoms with Crippen LogP contribution in [0.5, 0.6) is 0 Å². The van der Waals surface area contributed by atoms with Gasteiger partial charge in [-0.05, 0) is 6.42 Å². The van der Waals surface area contributed by atoms with E-state index in [1.165, 1.54) is 11.3 Å². The molecule has 2 bridgehead atoms. The van der Waals surface area contributed by atoms with Crippen molar-refractivity contribution in [3.63, 3.8) is 0 Å². The number of rotatable bonds is 4. The van der Waals surface area contributed by atoms with Crippen LogP contribution in [0.3, 0.4) is 0 Å². The van der Waals surface area contributed by atoms with Gasteiger partial charge in [-0.3, -0.25) is 9.59 Å². The molecule has 1 fully saturated rings. The summed E-state index contributed by atoms with van der Waals surface area (Å²) in [6.45, 7) is 1.95. The first-order chi connectivity index (χ1) is 9.60. The number of nitrogens with one attached hydrogen (secondary N) is 1. The maximum atomic E-state index is 12.3. The van der Waals surface area contributed by atoms with E-state index < -0.39 is 30.0 Å². The third kappa shape index (κ3) is 2.10. The molecule has 1 saturated heterocycles. The summed E-state index contributed by atoms with van der Waals surface area (Å²) in [4.78, 5) is 23.6. The number of carboxylic acids is 1. The predicted octanol–water partition coefficient (Wildman–Crippen LogP) is 0.693. The van der Waals surface area contributed by atoms with Gasteiger partial charge in [0.2, 0.25) is 11.0 Å². The number of hydrogen-bond acceptors (Lipinski definition) is 6. The Kier molecular flexibility index (Phi) is 3.27. The topological polar surface area (TPSA) is 101 Å². The van der Waals surface area contributed by atoms with Crippen molar-refractivity contribution in [2.24, 2.45) is 11.8 Å². The molecule has 1 aromatic heterocycles. The van der Waals surface area contributed by atoms with Crippen LogP contribution in [0.15, 0.2) is 12.2 Å². The molecule has 0 aromatic carbocycles. The van der Waals surface area contributed by atoms with E-state index in [1.807, 2.05) is 6.92 Å². The molecule has 1 aromatic rings. The Morgan fingerprint density at radius 1 is 1.35 bits per heavy atom. The highest BCUT2D eigenvalue weighted by atomic mass is 32.1. The lowest BCUT2D eigenvalue weighted by atomic mass is 9.82. The molecule has 2 N–H and O–H groups in total. The van der Waals surface area contributed by atoms with Gasteiger partial charge in [-0.2, -0.15) is 0 Å². The first-order valence-corrected chi connectivity index (χ1v) is 7.11. The molecule has 0 radical (unpaired) electrons. The molecule has 0 aliphatic carbocycles. The minimum atomic E-state index is -1.02. The van der Waals surface area contributed by atoms with Gasteiger partial charge in [-0.1, -0.05) is 30.4 Å². The lowest BCUT2D eigenvalue weighted by molar-refractivity contribution is -0.145. The summed E-state index contributed by atoms with van der Waals surface area (Å²) in [6.07, 6.45) is 3.19. The maximum absolute atomic E-state index is 12.3. The average molecular weight is 295 g/mol. The second kappa shape index (κ2) is 4.95. The van der Waals surface area contributed by atoms with E-state index in [-0.39, 0.29) is 5.91 Å². The summed E-state index contributed by atoms with van der Waals surface area (Å²) in [6, 6.07) is 0. The molecular weight excluding hydrogens is 282 g/mol. The number of aryl methyl sites for hydroxylation is 1. The Morgan fingerprint density at radius 2 is 2.05 bits per heavy atom. The smallest absolute Gasteiger partial charge is 0.310 e. The molecule has 1 amide bonds. The van der Waals surface area contributed by atoms with Crippen molar-refractivity contribution in [2.45, 2.75) is 25.6 Å². The number of aliphatic carboxylic acids is 1. The molecule has 0 spiro atoms. The van der Waals surface area contributed by atoms with E-state index in [0.717, 1.165) is 11.4 Å². The molecule has 4 atom stereocenters. The molecule has 0 unspecified atom stereocenters. The van der Waals surface area contributed by atoms with Gasteiger partial charge in [0, 0.05) is 0 Å². The number of carbonyl (C=O) groups is 2. The maximum Gasteiger partial charge on any atom is 0.310 e. The molecule has 2 aliphatic rings. The van der Waals surface area contributed by atoms with Crippen molar-refractivity contribution in [1.82, 2.24) is 10.2 Å². The van der Waals surface area contributed by atoms with Crippen molar-refractivity contribution in [1.29, 1.82) is 0 Å². The van der Waals surface area contributed by atoms with Gasteiger partial charge in [0.25, 0.3) is 0 Å². The van der Waals surface area contributed by atoms with E-state index in [2.05, 4.69) is 15.5 Å². The Balaban J connectivity index is 1.76. The van der Waals surface area contributed by atoms with Crippen LogP contribution in [0.4, 0.5) is 5.13 Å². The third-order valence-electron chi connectivity index (χ3n) is 3.49. The van der Waals surface area contributed by atoms with Crippen LogP contribution in [0.1, 0.15) is 11.9 Å². The van der Waals surface area contributed by atoms with E-state index in [1.54, 1.807) is 12.2 Å². The van der Waals surface area contributed by atoms with Crippen molar-refractivity contribution in [3.05, 3.63) is 17.2 Å². The Morgan fingerprint density at radius 3 is 2.65 bits per heavy atom. The summed E-state index contributed by atoms with van der Waals surface area (Å²) in [5, 5.41) is 20.9. The van der Waals surface area contributed by atoms with Gasteiger partial charge in [0.05, 0.1) is 18.1 Å². The average Bonchev–Trinajstić information content (AvgIpc) is 3.12. The van der Waals surface area contributed by atoms with Gasteiger partial charge in [0.1, 0.15) is 10.9 Å². The number of carboxylic acid groups (broad SMARTS) is 1. The van der Waals surface area contributed by atoms with Crippen molar-refractivity contribution >= 4 is 28.3 Å². The van der Waals surface area contributed by atoms with Crippen LogP contribution in [-0.2, 0) is 20.7 Å². The number of amides is 1. The fraction of sp³-hybridized carbons (Fsp3) is 0.500. The van der Waals surface area contributed by atoms with Crippen molar-refractivity contribution in [2.75, 3.05) is 5.32 Å². The van der Waals surface area contributed by atoms with E-state index >= 15 is 0 Å². The van der Waals surface area contributed by atoms with Crippen LogP contribution in [0.25, 0.3) is 0 Å². The molecule has 7 nitrogen and oxygen atoms in total. The monoisotopic (exact) mass is 295 g/mol. The van der Waals surface area contributed by atoms with E-state index in [4.69, 9.17) is 4.74 Å². The van der Waals surface area contributed by atoms with Gasteiger partial charge in [-0.15, -0.1) is 10.2 Å². The molecule has 106 valence electrons. The molecular formula is C12H13N3O4S. The zero-order valence-electron chi connectivity index (χ0n) is 10.6. The lowest BCUT2D eigenvalue weighted by Gasteiger charge is -2.20. The highest BCUT2D eigenvalue weighted by Crippen LogP contribution is 2.39. The molecule has 8 heteroatoms. The largest absolute Gasteiger partial charge is 0.481 e. The number of ether oxygens (including phenoxy) is 1. The van der Waals surface area contributed by atoms with Crippen LogP contribution in [0.2, 0.25) is 0 Å². The fourth-order valence-corrected chi connectivity index (χ4v) is 3.23. The normalized spacial score (nSPS) is 30.6. The van der Waals surface area contributed by atoms with Crippen LogP contribution < -0.4 is 5.32 Å². The summed E-state index contributed by atoms with van der Waals surface area (Å²) >= 11 is 1.29. The van der Waals surface area contributed by atoms with E-state index in [9.17, 15) is 14.7 Å². The zero-order valence-corrected chi connectivity index (χ0v) is 11.5. The summed E-state index contributed by atoms with van der Waals surface area (Å²) in [7, 11) is 0. The molecule has 0 saturated carbocycles. The second-order valence-corrected chi connectivity index (χ2v) is 5.75. The first kappa shape index (κ1) is 13.2. The van der Waals surface area contributed by atoms with Gasteiger partial charge >= 0.3 is 5.97 Å². The van der Waals surface area contributed by atoms with E-state index in [0.29, 0.717) is 5.13 Å². The zero-order chi connectivity index (χ0) is 14.3. The Hall–Kier alpha value is -1.80. The number of anilines is 1. The quantitative estimate of drug-likeness (QED) is 0.793. The standard InChI is InChI=1S/C12H13N3O4S/c1-2-7-14-15-12(20-7)13-10(16)8-5-3-4-6(19-5)9(8)11(17)18/h3-6,8-9H,2H2,1H3,(H,17,18)(H,13,15,16)/t5-,6+,8-,9+/m1/s1. The van der Waals surface area contributed by atoms with Crippen molar-refractivity contribution < 1.29 is 19.4 Å². The predicted molar refractivity (Wildman–Crippen MR) is 70.3 cm³/mol. The molecule has 20 heavy (non-hydrogen) atoms.